The Kier molecular flexibility index (Phi) is 3.39. The Morgan fingerprint density at radius 2 is 1.93 bits per heavy atom. The molecule has 0 saturated heterocycles. The van der Waals surface area contributed by atoms with Gasteiger partial charge in [-0.1, -0.05) is 11.3 Å². The molecular weight excluding hydrogens is 364 g/mol. The number of likely N-dealkylation sites (N-methyl/N-ethyl adjacent to an activating group) is 1. The Bertz CT molecular complexity index is 1370. The van der Waals surface area contributed by atoms with Crippen molar-refractivity contribution in [2.45, 2.75) is 13.1 Å². The number of aromatic nitrogens is 7. The number of hydrogen-bond acceptors (Lipinski definition) is 5. The Morgan fingerprint density at radius 3 is 2.86 bits per heavy atom. The highest BCUT2D eigenvalue weighted by Gasteiger charge is 2.20. The van der Waals surface area contributed by atoms with Crippen molar-refractivity contribution in [3.05, 3.63) is 48.5 Å². The SMILES string of the molecule is CN1CCn2ncc(-c3cnc4[nH]cc(-c5ccc6nnn(C)c6c5)c4c3)c2C1. The predicted molar refractivity (Wildman–Crippen MR) is 111 cm³/mol. The lowest BCUT2D eigenvalue weighted by molar-refractivity contribution is 0.259. The number of nitrogens with zero attached hydrogens (tertiary/aromatic N) is 7. The summed E-state index contributed by atoms with van der Waals surface area (Å²) in [5.41, 5.74) is 8.52. The van der Waals surface area contributed by atoms with E-state index >= 15 is 0 Å². The van der Waals surface area contributed by atoms with Gasteiger partial charge >= 0.3 is 0 Å². The van der Waals surface area contributed by atoms with E-state index in [1.54, 1.807) is 4.68 Å². The Morgan fingerprint density at radius 1 is 1.00 bits per heavy atom. The first-order valence-corrected chi connectivity index (χ1v) is 9.68. The van der Waals surface area contributed by atoms with Crippen LogP contribution in [0.2, 0.25) is 0 Å². The van der Waals surface area contributed by atoms with Gasteiger partial charge in [-0.05, 0) is 30.8 Å². The summed E-state index contributed by atoms with van der Waals surface area (Å²) in [6, 6.07) is 8.44. The third-order valence-corrected chi connectivity index (χ3v) is 5.83. The van der Waals surface area contributed by atoms with Crippen LogP contribution in [-0.4, -0.2) is 53.2 Å². The molecule has 0 radical (unpaired) electrons. The molecule has 0 spiro atoms. The minimum Gasteiger partial charge on any atom is -0.346 e. The van der Waals surface area contributed by atoms with Crippen molar-refractivity contribution in [3.63, 3.8) is 0 Å². The molecule has 0 fully saturated rings. The van der Waals surface area contributed by atoms with Gasteiger partial charge in [0, 0.05) is 54.6 Å². The van der Waals surface area contributed by atoms with E-state index in [0.717, 1.165) is 64.0 Å². The normalized spacial score (nSPS) is 14.7. The topological polar surface area (TPSA) is 80.5 Å². The standard InChI is InChI=1S/C21H20N8/c1-27-5-6-29-20(12-27)17(11-24-29)14-7-15-16(10-23-21(15)22-9-14)13-3-4-18-19(8-13)28(2)26-25-18/h3-4,7-11H,5-6,12H2,1-2H3,(H,22,23). The van der Waals surface area contributed by atoms with Gasteiger partial charge in [-0.3, -0.25) is 9.58 Å². The number of benzene rings is 1. The van der Waals surface area contributed by atoms with Crippen molar-refractivity contribution in [1.29, 1.82) is 0 Å². The minimum atomic E-state index is 0.880. The fourth-order valence-corrected chi connectivity index (χ4v) is 4.20. The minimum absolute atomic E-state index is 0.880. The van der Waals surface area contributed by atoms with Gasteiger partial charge in [-0.15, -0.1) is 5.10 Å². The summed E-state index contributed by atoms with van der Waals surface area (Å²) in [4.78, 5) is 10.3. The second-order valence-corrected chi connectivity index (χ2v) is 7.70. The number of fused-ring (bicyclic) bond motifs is 3. The molecule has 8 nitrogen and oxygen atoms in total. The number of pyridine rings is 1. The van der Waals surface area contributed by atoms with E-state index in [1.165, 1.54) is 5.69 Å². The van der Waals surface area contributed by atoms with Gasteiger partial charge in [-0.25, -0.2) is 9.67 Å². The molecule has 1 aliphatic rings. The van der Waals surface area contributed by atoms with Crippen LogP contribution in [0.5, 0.6) is 0 Å². The summed E-state index contributed by atoms with van der Waals surface area (Å²) in [5.74, 6) is 0. The van der Waals surface area contributed by atoms with Crippen LogP contribution < -0.4 is 0 Å². The number of rotatable bonds is 2. The molecule has 5 aromatic rings. The summed E-state index contributed by atoms with van der Waals surface area (Å²) in [5, 5.41) is 14.0. The zero-order valence-electron chi connectivity index (χ0n) is 16.3. The van der Waals surface area contributed by atoms with Crippen LogP contribution in [0.15, 0.2) is 42.9 Å². The highest BCUT2D eigenvalue weighted by molar-refractivity contribution is 5.97. The molecule has 29 heavy (non-hydrogen) atoms. The van der Waals surface area contributed by atoms with Crippen molar-refractivity contribution in [3.8, 4) is 22.3 Å². The first-order chi connectivity index (χ1) is 14.2. The molecule has 0 atom stereocenters. The van der Waals surface area contributed by atoms with E-state index in [-0.39, 0.29) is 0 Å². The van der Waals surface area contributed by atoms with Gasteiger partial charge in [0.05, 0.1) is 24.0 Å². The fraction of sp³-hybridized carbons (Fsp3) is 0.238. The molecule has 1 aliphatic heterocycles. The average molecular weight is 384 g/mol. The third kappa shape index (κ3) is 2.49. The number of hydrogen-bond donors (Lipinski definition) is 1. The fourth-order valence-electron chi connectivity index (χ4n) is 4.20. The van der Waals surface area contributed by atoms with Crippen LogP contribution in [-0.2, 0) is 20.1 Å². The highest BCUT2D eigenvalue weighted by atomic mass is 15.4. The molecular formula is C21H20N8. The van der Waals surface area contributed by atoms with E-state index < -0.39 is 0 Å². The van der Waals surface area contributed by atoms with Gasteiger partial charge in [0.1, 0.15) is 11.2 Å². The number of nitrogens with one attached hydrogen (secondary N) is 1. The molecule has 1 N–H and O–H groups in total. The van der Waals surface area contributed by atoms with Crippen molar-refractivity contribution in [2.24, 2.45) is 7.05 Å². The van der Waals surface area contributed by atoms with Crippen LogP contribution in [0.4, 0.5) is 0 Å². The lowest BCUT2D eigenvalue weighted by Crippen LogP contribution is -2.30. The summed E-state index contributed by atoms with van der Waals surface area (Å²) in [6.07, 6.45) is 5.92. The predicted octanol–water partition coefficient (Wildman–Crippen LogP) is 2.82. The Hall–Kier alpha value is -3.52. The van der Waals surface area contributed by atoms with Crippen molar-refractivity contribution in [2.75, 3.05) is 13.6 Å². The quantitative estimate of drug-likeness (QED) is 0.506. The van der Waals surface area contributed by atoms with Crippen molar-refractivity contribution in [1.82, 2.24) is 39.6 Å². The molecule has 144 valence electrons. The van der Waals surface area contributed by atoms with Gasteiger partial charge in [-0.2, -0.15) is 5.10 Å². The molecule has 0 aliphatic carbocycles. The van der Waals surface area contributed by atoms with E-state index in [4.69, 9.17) is 0 Å². The maximum Gasteiger partial charge on any atom is 0.137 e. The van der Waals surface area contributed by atoms with E-state index in [9.17, 15) is 0 Å². The molecule has 1 aromatic carbocycles. The summed E-state index contributed by atoms with van der Waals surface area (Å²) < 4.78 is 3.91. The van der Waals surface area contributed by atoms with Gasteiger partial charge < -0.3 is 4.98 Å². The maximum absolute atomic E-state index is 4.69. The van der Waals surface area contributed by atoms with E-state index in [1.807, 2.05) is 31.7 Å². The van der Waals surface area contributed by atoms with Gasteiger partial charge in [0.25, 0.3) is 0 Å². The Labute approximate surface area is 166 Å². The first-order valence-electron chi connectivity index (χ1n) is 9.68. The van der Waals surface area contributed by atoms with E-state index in [2.05, 4.69) is 60.2 Å². The van der Waals surface area contributed by atoms with Crippen LogP contribution in [0, 0.1) is 0 Å². The molecule has 0 bridgehead atoms. The Balaban J connectivity index is 1.50. The lowest BCUT2D eigenvalue weighted by Gasteiger charge is -2.24. The largest absolute Gasteiger partial charge is 0.346 e. The van der Waals surface area contributed by atoms with Crippen molar-refractivity contribution >= 4 is 22.1 Å². The molecule has 0 saturated carbocycles. The monoisotopic (exact) mass is 384 g/mol. The summed E-state index contributed by atoms with van der Waals surface area (Å²) in [6.45, 7) is 2.85. The highest BCUT2D eigenvalue weighted by Crippen LogP contribution is 2.33. The van der Waals surface area contributed by atoms with Crippen LogP contribution >= 0.6 is 0 Å². The third-order valence-electron chi connectivity index (χ3n) is 5.83. The van der Waals surface area contributed by atoms with Gasteiger partial charge in [0.2, 0.25) is 0 Å². The molecule has 0 amide bonds. The second-order valence-electron chi connectivity index (χ2n) is 7.70. The molecule has 8 heteroatoms. The second kappa shape index (κ2) is 5.99. The lowest BCUT2D eigenvalue weighted by atomic mass is 10.0. The smallest absolute Gasteiger partial charge is 0.137 e. The first kappa shape index (κ1) is 16.4. The van der Waals surface area contributed by atoms with Gasteiger partial charge in [0.15, 0.2) is 0 Å². The number of aromatic amines is 1. The zero-order chi connectivity index (χ0) is 19.5. The van der Waals surface area contributed by atoms with Crippen LogP contribution in [0.3, 0.4) is 0 Å². The number of aryl methyl sites for hydroxylation is 1. The van der Waals surface area contributed by atoms with E-state index in [0.29, 0.717) is 0 Å². The molecule has 4 aromatic heterocycles. The summed E-state index contributed by atoms with van der Waals surface area (Å²) >= 11 is 0. The van der Waals surface area contributed by atoms with Crippen molar-refractivity contribution < 1.29 is 0 Å². The van der Waals surface area contributed by atoms with Crippen LogP contribution in [0.25, 0.3) is 44.3 Å². The molecule has 5 heterocycles. The number of H-pyrrole nitrogens is 1. The summed E-state index contributed by atoms with van der Waals surface area (Å²) in [7, 11) is 4.06. The zero-order valence-corrected chi connectivity index (χ0v) is 16.3. The molecule has 6 rings (SSSR count). The maximum atomic E-state index is 4.69. The van der Waals surface area contributed by atoms with Crippen LogP contribution in [0.1, 0.15) is 5.69 Å². The average Bonchev–Trinajstić information content (AvgIpc) is 3.44. The molecule has 0 unspecified atom stereocenters.